The monoisotopic (exact) mass is 360 g/mol. The molecule has 2 aromatic rings. The predicted molar refractivity (Wildman–Crippen MR) is 96.7 cm³/mol. The van der Waals surface area contributed by atoms with Crippen LogP contribution in [0.1, 0.15) is 33.9 Å². The minimum absolute atomic E-state index is 0.0677. The van der Waals surface area contributed by atoms with Crippen molar-refractivity contribution in [2.75, 3.05) is 18.0 Å². The summed E-state index contributed by atoms with van der Waals surface area (Å²) < 4.78 is 0. The molecule has 0 bridgehead atoms. The van der Waals surface area contributed by atoms with E-state index < -0.39 is 5.91 Å². The average molecular weight is 361 g/mol. The molecule has 2 aromatic heterocycles. The average Bonchev–Trinajstić information content (AvgIpc) is 3.05. The standard InChI is InChI=1S/C17H21ClN6O/c1-10-11(2)22-16(15(19)25)23-17(10)24-6-4-13(9-24)21-7-12-3-5-20-8-14(12)18/h3,5,8,13,21H,4,6-7,9H2,1-2H3,(H2,19,25)/t13-/m1/s1. The van der Waals surface area contributed by atoms with Crippen molar-refractivity contribution in [2.24, 2.45) is 5.73 Å². The van der Waals surface area contributed by atoms with Crippen LogP contribution in [0.3, 0.4) is 0 Å². The molecular formula is C17H21ClN6O. The van der Waals surface area contributed by atoms with E-state index in [1.807, 2.05) is 19.9 Å². The summed E-state index contributed by atoms with van der Waals surface area (Å²) >= 11 is 6.15. The minimum atomic E-state index is -0.606. The van der Waals surface area contributed by atoms with Gasteiger partial charge in [0.25, 0.3) is 5.91 Å². The summed E-state index contributed by atoms with van der Waals surface area (Å²) in [6.45, 7) is 6.18. The molecule has 1 atom stereocenters. The van der Waals surface area contributed by atoms with Crippen molar-refractivity contribution in [3.63, 3.8) is 0 Å². The molecule has 0 saturated carbocycles. The van der Waals surface area contributed by atoms with Gasteiger partial charge in [0.2, 0.25) is 5.82 Å². The number of nitrogens with zero attached hydrogens (tertiary/aromatic N) is 4. The van der Waals surface area contributed by atoms with Gasteiger partial charge in [-0.05, 0) is 31.9 Å². The van der Waals surface area contributed by atoms with Gasteiger partial charge in [0.1, 0.15) is 5.82 Å². The van der Waals surface area contributed by atoms with Gasteiger partial charge in [-0.15, -0.1) is 0 Å². The number of rotatable bonds is 5. The van der Waals surface area contributed by atoms with Crippen LogP contribution in [0.15, 0.2) is 18.5 Å². The topological polar surface area (TPSA) is 97.0 Å². The van der Waals surface area contributed by atoms with E-state index in [4.69, 9.17) is 17.3 Å². The van der Waals surface area contributed by atoms with E-state index in [1.54, 1.807) is 12.4 Å². The molecule has 1 amide bonds. The van der Waals surface area contributed by atoms with E-state index in [0.717, 1.165) is 42.1 Å². The first-order chi connectivity index (χ1) is 12.0. The molecule has 3 rings (SSSR count). The number of aryl methyl sites for hydroxylation is 1. The molecule has 8 heteroatoms. The highest BCUT2D eigenvalue weighted by Crippen LogP contribution is 2.24. The Morgan fingerprint density at radius 3 is 2.96 bits per heavy atom. The third-order valence-corrected chi connectivity index (χ3v) is 4.85. The number of primary amides is 1. The highest BCUT2D eigenvalue weighted by Gasteiger charge is 2.26. The number of nitrogens with one attached hydrogen (secondary N) is 1. The van der Waals surface area contributed by atoms with E-state index in [9.17, 15) is 4.79 Å². The van der Waals surface area contributed by atoms with Gasteiger partial charge < -0.3 is 16.0 Å². The molecule has 0 unspecified atom stereocenters. The number of carbonyl (C=O) groups is 1. The minimum Gasteiger partial charge on any atom is -0.363 e. The zero-order chi connectivity index (χ0) is 18.0. The lowest BCUT2D eigenvalue weighted by molar-refractivity contribution is 0.0990. The zero-order valence-corrected chi connectivity index (χ0v) is 15.0. The van der Waals surface area contributed by atoms with Crippen LogP contribution in [0.25, 0.3) is 0 Å². The van der Waals surface area contributed by atoms with Crippen LogP contribution in [0, 0.1) is 13.8 Å². The van der Waals surface area contributed by atoms with Crippen molar-refractivity contribution in [3.8, 4) is 0 Å². The van der Waals surface area contributed by atoms with Gasteiger partial charge in [0.05, 0.1) is 5.02 Å². The fraction of sp³-hybridized carbons (Fsp3) is 0.412. The van der Waals surface area contributed by atoms with Crippen LogP contribution < -0.4 is 16.0 Å². The van der Waals surface area contributed by atoms with Gasteiger partial charge in [0, 0.05) is 49.3 Å². The maximum atomic E-state index is 11.4. The number of anilines is 1. The number of carbonyl (C=O) groups excluding carboxylic acids is 1. The van der Waals surface area contributed by atoms with Gasteiger partial charge in [0.15, 0.2) is 0 Å². The molecule has 3 heterocycles. The molecule has 1 fully saturated rings. The summed E-state index contributed by atoms with van der Waals surface area (Å²) in [5.74, 6) is 0.246. The van der Waals surface area contributed by atoms with Gasteiger partial charge >= 0.3 is 0 Å². The Labute approximate surface area is 151 Å². The normalized spacial score (nSPS) is 17.1. The van der Waals surface area contributed by atoms with Crippen molar-refractivity contribution in [1.82, 2.24) is 20.3 Å². The molecule has 25 heavy (non-hydrogen) atoms. The lowest BCUT2D eigenvalue weighted by atomic mass is 10.2. The summed E-state index contributed by atoms with van der Waals surface area (Å²) in [7, 11) is 0. The van der Waals surface area contributed by atoms with Crippen LogP contribution in [-0.2, 0) is 6.54 Å². The van der Waals surface area contributed by atoms with E-state index in [0.29, 0.717) is 17.6 Å². The van der Waals surface area contributed by atoms with E-state index in [-0.39, 0.29) is 5.82 Å². The molecule has 3 N–H and O–H groups in total. The van der Waals surface area contributed by atoms with Crippen molar-refractivity contribution >= 4 is 23.3 Å². The van der Waals surface area contributed by atoms with E-state index >= 15 is 0 Å². The van der Waals surface area contributed by atoms with Crippen molar-refractivity contribution < 1.29 is 4.79 Å². The maximum Gasteiger partial charge on any atom is 0.286 e. The summed E-state index contributed by atoms with van der Waals surface area (Å²) in [6.07, 6.45) is 4.37. The van der Waals surface area contributed by atoms with Crippen molar-refractivity contribution in [1.29, 1.82) is 0 Å². The number of pyridine rings is 1. The van der Waals surface area contributed by atoms with Crippen LogP contribution in [0.5, 0.6) is 0 Å². The number of hydrogen-bond donors (Lipinski definition) is 2. The second kappa shape index (κ2) is 7.33. The number of aromatic nitrogens is 3. The number of hydrogen-bond acceptors (Lipinski definition) is 6. The highest BCUT2D eigenvalue weighted by atomic mass is 35.5. The van der Waals surface area contributed by atoms with Gasteiger partial charge in [-0.25, -0.2) is 9.97 Å². The first-order valence-corrected chi connectivity index (χ1v) is 8.55. The van der Waals surface area contributed by atoms with Gasteiger partial charge in [-0.3, -0.25) is 9.78 Å². The highest BCUT2D eigenvalue weighted by molar-refractivity contribution is 6.31. The lowest BCUT2D eigenvalue weighted by Crippen LogP contribution is -2.33. The summed E-state index contributed by atoms with van der Waals surface area (Å²) in [6, 6.07) is 2.23. The second-order valence-corrected chi connectivity index (χ2v) is 6.63. The molecule has 7 nitrogen and oxygen atoms in total. The Bertz CT molecular complexity index is 797. The maximum absolute atomic E-state index is 11.4. The van der Waals surface area contributed by atoms with E-state index in [1.165, 1.54) is 0 Å². The van der Waals surface area contributed by atoms with Crippen molar-refractivity contribution in [2.45, 2.75) is 32.9 Å². The molecule has 0 aliphatic carbocycles. The Morgan fingerprint density at radius 2 is 2.24 bits per heavy atom. The Balaban J connectivity index is 1.69. The molecule has 132 valence electrons. The largest absolute Gasteiger partial charge is 0.363 e. The predicted octanol–water partition coefficient (Wildman–Crippen LogP) is 1.61. The van der Waals surface area contributed by atoms with Crippen molar-refractivity contribution in [3.05, 3.63) is 46.1 Å². The summed E-state index contributed by atoms with van der Waals surface area (Å²) in [5, 5.41) is 4.19. The Morgan fingerprint density at radius 1 is 1.44 bits per heavy atom. The third kappa shape index (κ3) is 3.88. The fourth-order valence-corrected chi connectivity index (χ4v) is 3.14. The molecule has 0 spiro atoms. The SMILES string of the molecule is Cc1nc(C(N)=O)nc(N2CC[C@@H](NCc3ccncc3Cl)C2)c1C. The molecule has 1 aliphatic heterocycles. The number of amides is 1. The van der Waals surface area contributed by atoms with Crippen LogP contribution in [0.2, 0.25) is 5.02 Å². The molecule has 0 radical (unpaired) electrons. The zero-order valence-electron chi connectivity index (χ0n) is 14.3. The molecule has 0 aromatic carbocycles. The Kier molecular flexibility index (Phi) is 5.15. The fourth-order valence-electron chi connectivity index (χ4n) is 2.95. The van der Waals surface area contributed by atoms with Gasteiger partial charge in [-0.1, -0.05) is 11.6 Å². The van der Waals surface area contributed by atoms with E-state index in [2.05, 4.69) is 25.2 Å². The first kappa shape index (κ1) is 17.6. The lowest BCUT2D eigenvalue weighted by Gasteiger charge is -2.21. The Hall–Kier alpha value is -2.25. The quantitative estimate of drug-likeness (QED) is 0.840. The molecular weight excluding hydrogens is 340 g/mol. The summed E-state index contributed by atoms with van der Waals surface area (Å²) in [4.78, 5) is 26.1. The summed E-state index contributed by atoms with van der Waals surface area (Å²) in [5.41, 5.74) is 8.12. The van der Waals surface area contributed by atoms with Crippen LogP contribution in [0.4, 0.5) is 5.82 Å². The number of halogens is 1. The molecule has 1 aliphatic rings. The number of nitrogens with two attached hydrogens (primary N) is 1. The third-order valence-electron chi connectivity index (χ3n) is 4.51. The smallest absolute Gasteiger partial charge is 0.286 e. The van der Waals surface area contributed by atoms with Gasteiger partial charge in [-0.2, -0.15) is 0 Å². The van der Waals surface area contributed by atoms with Crippen LogP contribution in [-0.4, -0.2) is 40.0 Å². The molecule has 1 saturated heterocycles. The first-order valence-electron chi connectivity index (χ1n) is 8.17. The van der Waals surface area contributed by atoms with Crippen LogP contribution >= 0.6 is 11.6 Å². The second-order valence-electron chi connectivity index (χ2n) is 6.23.